The molecule has 0 aromatic carbocycles. The van der Waals surface area contributed by atoms with Gasteiger partial charge in [0, 0.05) is 58.6 Å². The number of thiazole rings is 1. The second-order valence-corrected chi connectivity index (χ2v) is 12.3. The number of piperazine rings is 1. The zero-order valence-corrected chi connectivity index (χ0v) is 27.1. The summed E-state index contributed by atoms with van der Waals surface area (Å²) in [7, 11) is 1.59. The predicted octanol–water partition coefficient (Wildman–Crippen LogP) is 2.86. The number of aryl methyl sites for hydroxylation is 1. The van der Waals surface area contributed by atoms with Gasteiger partial charge in [0.15, 0.2) is 5.13 Å². The van der Waals surface area contributed by atoms with Crippen molar-refractivity contribution in [3.63, 3.8) is 0 Å². The van der Waals surface area contributed by atoms with Crippen molar-refractivity contribution in [1.82, 2.24) is 30.2 Å². The number of rotatable bonds is 10. The van der Waals surface area contributed by atoms with Gasteiger partial charge in [-0.15, -0.1) is 0 Å². The van der Waals surface area contributed by atoms with Gasteiger partial charge in [-0.3, -0.25) is 9.69 Å². The number of amides is 1. The molecule has 1 amide bonds. The van der Waals surface area contributed by atoms with E-state index < -0.39 is 5.97 Å². The summed E-state index contributed by atoms with van der Waals surface area (Å²) in [5, 5.41) is 13.3. The highest BCUT2D eigenvalue weighted by Crippen LogP contribution is 2.35. The third-order valence-corrected chi connectivity index (χ3v) is 9.84. The highest BCUT2D eigenvalue weighted by atomic mass is 35.5. The number of methoxy groups -OCH3 is 1. The van der Waals surface area contributed by atoms with Crippen LogP contribution >= 0.6 is 34.5 Å². The van der Waals surface area contributed by atoms with Gasteiger partial charge in [-0.25, -0.2) is 19.7 Å². The highest BCUT2D eigenvalue weighted by Gasteiger charge is 2.34. The van der Waals surface area contributed by atoms with E-state index in [0.717, 1.165) is 32.0 Å². The first kappa shape index (κ1) is 32.4. The molecule has 0 unspecified atom stereocenters. The quantitative estimate of drug-likeness (QED) is 0.274. The van der Waals surface area contributed by atoms with Gasteiger partial charge in [0.1, 0.15) is 27.8 Å². The molecule has 0 saturated carbocycles. The lowest BCUT2D eigenvalue weighted by molar-refractivity contribution is 0.0531. The van der Waals surface area contributed by atoms with Gasteiger partial charge in [-0.05, 0) is 20.3 Å². The number of nitrogens with one attached hydrogen (secondary N) is 2. The standard InChI is InChI=1S/C28H36Cl2N8O5S/c1-4-43-27(41)25-23(18-13-32-20(14-31-18)37-9-7-36(8-10-37)11-12-39)35-28(44-25)38-6-5-17(19(15-38)42-3)34-26(40)24-22(30)21(29)16(2)33-24/h13-14,17,19,33,39H,4-12,15H2,1-3H3,(H,34,40)/t17-,19+/m1/s1. The van der Waals surface area contributed by atoms with E-state index in [4.69, 9.17) is 37.7 Å². The Bertz CT molecular complexity index is 1460. The number of esters is 1. The molecule has 2 fully saturated rings. The first-order valence-electron chi connectivity index (χ1n) is 14.4. The summed E-state index contributed by atoms with van der Waals surface area (Å²) in [6.07, 6.45) is 3.55. The van der Waals surface area contributed by atoms with E-state index in [0.29, 0.717) is 58.2 Å². The zero-order valence-electron chi connectivity index (χ0n) is 24.8. The number of carbonyl (C=O) groups is 2. The number of hydrogen-bond acceptors (Lipinski definition) is 12. The molecule has 3 aromatic rings. The van der Waals surface area contributed by atoms with Crippen molar-refractivity contribution in [2.24, 2.45) is 0 Å². The molecule has 16 heteroatoms. The van der Waals surface area contributed by atoms with Crippen LogP contribution in [-0.2, 0) is 9.47 Å². The summed E-state index contributed by atoms with van der Waals surface area (Å²) in [6, 6.07) is -0.282. The number of hydrogen-bond donors (Lipinski definition) is 3. The van der Waals surface area contributed by atoms with Crippen LogP contribution in [0.1, 0.15) is 39.2 Å². The van der Waals surface area contributed by atoms with E-state index in [1.165, 1.54) is 11.3 Å². The van der Waals surface area contributed by atoms with Crippen LogP contribution in [0.15, 0.2) is 12.4 Å². The molecule has 2 atom stereocenters. The molecule has 5 rings (SSSR count). The van der Waals surface area contributed by atoms with Crippen molar-refractivity contribution in [1.29, 1.82) is 0 Å². The van der Waals surface area contributed by atoms with Gasteiger partial charge in [-0.2, -0.15) is 0 Å². The van der Waals surface area contributed by atoms with Crippen molar-refractivity contribution < 1.29 is 24.2 Å². The molecule has 2 aliphatic rings. The van der Waals surface area contributed by atoms with E-state index in [2.05, 4.69) is 30.1 Å². The number of β-amino-alcohol motifs (C(OH)–C–C–N with tert-alkyl or cyclic N) is 1. The SMILES string of the molecule is CCOC(=O)c1sc(N2CC[C@@H](NC(=O)c3[nH]c(C)c(Cl)c3Cl)[C@@H](OC)C2)nc1-c1cnc(N2CCN(CCO)CC2)cn1. The molecule has 0 aliphatic carbocycles. The first-order chi connectivity index (χ1) is 21.2. The Morgan fingerprint density at radius 3 is 2.52 bits per heavy atom. The Morgan fingerprint density at radius 2 is 1.91 bits per heavy atom. The van der Waals surface area contributed by atoms with Gasteiger partial charge in [0.25, 0.3) is 5.91 Å². The molecule has 0 spiro atoms. The molecular formula is C28H36Cl2N8O5S. The van der Waals surface area contributed by atoms with E-state index in [-0.39, 0.29) is 42.0 Å². The van der Waals surface area contributed by atoms with Crippen molar-refractivity contribution >= 4 is 57.4 Å². The molecule has 0 bridgehead atoms. The number of ether oxygens (including phenoxy) is 2. The number of aromatic amines is 1. The van der Waals surface area contributed by atoms with E-state index >= 15 is 0 Å². The largest absolute Gasteiger partial charge is 0.462 e. The molecule has 3 aromatic heterocycles. The number of halogens is 2. The van der Waals surface area contributed by atoms with E-state index in [1.807, 2.05) is 4.90 Å². The minimum atomic E-state index is -0.473. The van der Waals surface area contributed by atoms with Crippen molar-refractivity contribution in [2.45, 2.75) is 32.4 Å². The van der Waals surface area contributed by atoms with Gasteiger partial charge < -0.3 is 34.7 Å². The summed E-state index contributed by atoms with van der Waals surface area (Å²) >= 11 is 13.6. The van der Waals surface area contributed by atoms with Crippen LogP contribution in [0.4, 0.5) is 10.9 Å². The number of anilines is 2. The molecule has 13 nitrogen and oxygen atoms in total. The monoisotopic (exact) mass is 666 g/mol. The Morgan fingerprint density at radius 1 is 1.14 bits per heavy atom. The number of carbonyl (C=O) groups excluding carboxylic acids is 2. The summed E-state index contributed by atoms with van der Waals surface area (Å²) in [5.41, 5.74) is 1.72. The maximum absolute atomic E-state index is 13.0. The summed E-state index contributed by atoms with van der Waals surface area (Å²) in [4.78, 5) is 49.7. The number of aromatic nitrogens is 4. The summed E-state index contributed by atoms with van der Waals surface area (Å²) in [5.74, 6) is -0.0873. The minimum absolute atomic E-state index is 0.145. The normalized spacial score (nSPS) is 19.3. The van der Waals surface area contributed by atoms with Crippen LogP contribution < -0.4 is 15.1 Å². The average Bonchev–Trinajstić information content (AvgIpc) is 3.59. The van der Waals surface area contributed by atoms with Crippen LogP contribution in [0.5, 0.6) is 0 Å². The lowest BCUT2D eigenvalue weighted by atomic mass is 10.0. The fraction of sp³-hybridized carbons (Fsp3) is 0.536. The summed E-state index contributed by atoms with van der Waals surface area (Å²) in [6.45, 7) is 8.77. The number of aliphatic hydroxyl groups excluding tert-OH is 1. The third-order valence-electron chi connectivity index (χ3n) is 7.80. The lowest BCUT2D eigenvalue weighted by Crippen LogP contribution is -2.55. The first-order valence-corrected chi connectivity index (χ1v) is 16.0. The van der Waals surface area contributed by atoms with Crippen LogP contribution in [0, 0.1) is 6.92 Å². The molecular weight excluding hydrogens is 631 g/mol. The van der Waals surface area contributed by atoms with E-state index in [9.17, 15) is 14.7 Å². The second kappa shape index (κ2) is 14.4. The topological polar surface area (TPSA) is 149 Å². The minimum Gasteiger partial charge on any atom is -0.462 e. The van der Waals surface area contributed by atoms with E-state index in [1.54, 1.807) is 33.4 Å². The van der Waals surface area contributed by atoms with Crippen LogP contribution in [-0.4, -0.2) is 120 Å². The van der Waals surface area contributed by atoms with Crippen molar-refractivity contribution in [3.05, 3.63) is 38.7 Å². The van der Waals surface area contributed by atoms with Crippen LogP contribution in [0.25, 0.3) is 11.4 Å². The van der Waals surface area contributed by atoms with Crippen molar-refractivity contribution in [3.8, 4) is 11.4 Å². The van der Waals surface area contributed by atoms with Crippen LogP contribution in [0.2, 0.25) is 10.0 Å². The molecule has 5 heterocycles. The molecule has 44 heavy (non-hydrogen) atoms. The number of nitrogens with zero attached hydrogens (tertiary/aromatic N) is 6. The molecule has 2 saturated heterocycles. The van der Waals surface area contributed by atoms with Gasteiger partial charge in [-0.1, -0.05) is 34.5 Å². The van der Waals surface area contributed by atoms with Crippen molar-refractivity contribution in [2.75, 3.05) is 75.9 Å². The number of H-pyrrole nitrogens is 1. The Kier molecular flexibility index (Phi) is 10.6. The summed E-state index contributed by atoms with van der Waals surface area (Å²) < 4.78 is 11.1. The maximum atomic E-state index is 13.0. The fourth-order valence-electron chi connectivity index (χ4n) is 5.36. The third kappa shape index (κ3) is 6.95. The molecule has 2 aliphatic heterocycles. The van der Waals surface area contributed by atoms with Gasteiger partial charge in [0.2, 0.25) is 0 Å². The smallest absolute Gasteiger partial charge is 0.350 e. The fourth-order valence-corrected chi connectivity index (χ4v) is 6.78. The zero-order chi connectivity index (χ0) is 31.4. The van der Waals surface area contributed by atoms with Crippen LogP contribution in [0.3, 0.4) is 0 Å². The lowest BCUT2D eigenvalue weighted by Gasteiger charge is -2.37. The van der Waals surface area contributed by atoms with Gasteiger partial charge >= 0.3 is 5.97 Å². The number of aliphatic hydroxyl groups is 1. The predicted molar refractivity (Wildman–Crippen MR) is 169 cm³/mol. The highest BCUT2D eigenvalue weighted by molar-refractivity contribution is 7.17. The molecule has 238 valence electrons. The second-order valence-electron chi connectivity index (χ2n) is 10.5. The van der Waals surface area contributed by atoms with Gasteiger partial charge in [0.05, 0.1) is 47.8 Å². The average molecular weight is 668 g/mol. The Labute approximate surface area is 269 Å². The molecule has 3 N–H and O–H groups in total. The Balaban J connectivity index is 1.31. The molecule has 0 radical (unpaired) electrons. The number of piperidine rings is 1. The Hall–Kier alpha value is -3.01. The maximum Gasteiger partial charge on any atom is 0.350 e.